The van der Waals surface area contributed by atoms with E-state index in [0.29, 0.717) is 39.7 Å². The van der Waals surface area contributed by atoms with Gasteiger partial charge < -0.3 is 25.2 Å². The fourth-order valence-corrected chi connectivity index (χ4v) is 5.33. The zero-order valence-electron chi connectivity index (χ0n) is 24.5. The fraction of sp³-hybridized carbons (Fsp3) is 0.212. The van der Waals surface area contributed by atoms with Crippen LogP contribution < -0.4 is 21.1 Å². The van der Waals surface area contributed by atoms with E-state index in [2.05, 4.69) is 9.97 Å². The number of rotatable bonds is 9. The van der Waals surface area contributed by atoms with Gasteiger partial charge in [0.2, 0.25) is 0 Å². The number of nitrogens with two attached hydrogens (primary N) is 1. The van der Waals surface area contributed by atoms with Crippen molar-refractivity contribution in [1.29, 1.82) is 0 Å². The Kier molecular flexibility index (Phi) is 7.73. The number of nitrogens with zero attached hydrogens (tertiary/aromatic N) is 6. The predicted molar refractivity (Wildman–Crippen MR) is 170 cm³/mol. The second-order valence-corrected chi connectivity index (χ2v) is 11.1. The summed E-state index contributed by atoms with van der Waals surface area (Å²) in [6.07, 6.45) is 7.31. The summed E-state index contributed by atoms with van der Waals surface area (Å²) in [4.78, 5) is 37.0. The summed E-state index contributed by atoms with van der Waals surface area (Å²) in [5.41, 5.74) is 8.17. The van der Waals surface area contributed by atoms with Crippen LogP contribution in [0.3, 0.4) is 0 Å². The summed E-state index contributed by atoms with van der Waals surface area (Å²) in [6.45, 7) is 0.236. The van der Waals surface area contributed by atoms with Crippen molar-refractivity contribution in [2.45, 2.75) is 25.3 Å². The monoisotopic (exact) mass is 591 g/mol. The fourth-order valence-electron chi connectivity index (χ4n) is 5.33. The second kappa shape index (κ2) is 11.8. The van der Waals surface area contributed by atoms with Crippen LogP contribution in [-0.2, 0) is 4.79 Å². The normalized spacial score (nSPS) is 14.8. The van der Waals surface area contributed by atoms with Crippen LogP contribution >= 0.6 is 0 Å². The molecule has 0 spiro atoms. The van der Waals surface area contributed by atoms with Crippen molar-refractivity contribution in [3.8, 4) is 22.9 Å². The Balaban J connectivity index is 1.30. The van der Waals surface area contributed by atoms with Gasteiger partial charge in [-0.25, -0.2) is 19.3 Å². The summed E-state index contributed by atoms with van der Waals surface area (Å²) in [5, 5.41) is 12.8. The lowest BCUT2D eigenvalue weighted by atomic mass is 9.91. The molecule has 2 N–H and O–H groups in total. The third-order valence-electron chi connectivity index (χ3n) is 8.10. The Bertz CT molecular complexity index is 1890. The molecule has 1 amide bonds. The van der Waals surface area contributed by atoms with Gasteiger partial charge in [0.1, 0.15) is 23.3 Å². The summed E-state index contributed by atoms with van der Waals surface area (Å²) >= 11 is 0. The number of likely N-dealkylation sites (N-methyl/N-ethyl adjacent to an activating group) is 2. The second-order valence-electron chi connectivity index (χ2n) is 11.1. The molecule has 11 nitrogen and oxygen atoms in total. The van der Waals surface area contributed by atoms with Crippen molar-refractivity contribution in [2.24, 2.45) is 0 Å². The maximum atomic E-state index is 14.0. The Morgan fingerprint density at radius 3 is 2.45 bits per heavy atom. The molecule has 224 valence electrons. The highest BCUT2D eigenvalue weighted by Crippen LogP contribution is 2.29. The van der Waals surface area contributed by atoms with Crippen molar-refractivity contribution in [3.63, 3.8) is 0 Å². The lowest BCUT2D eigenvalue weighted by molar-refractivity contribution is -0.886. The molecular weight excluding hydrogens is 558 g/mol. The van der Waals surface area contributed by atoms with Crippen LogP contribution in [0.4, 0.5) is 11.5 Å². The minimum Gasteiger partial charge on any atom is -0.633 e. The first-order chi connectivity index (χ1) is 21.2. The number of quaternary nitrogens is 1. The number of anilines is 2. The van der Waals surface area contributed by atoms with E-state index in [1.54, 1.807) is 68.7 Å². The smallest absolute Gasteiger partial charge is 0.339 e. The molecule has 1 atom stereocenters. The number of fused-ring (bicyclic) bond motifs is 1. The average Bonchev–Trinajstić information content (AvgIpc) is 3.29. The molecule has 1 fully saturated rings. The number of carbonyl (C=O) groups is 1. The van der Waals surface area contributed by atoms with E-state index in [1.807, 2.05) is 30.3 Å². The summed E-state index contributed by atoms with van der Waals surface area (Å²) in [5.74, 6) is 1.17. The average molecular weight is 592 g/mol. The van der Waals surface area contributed by atoms with Gasteiger partial charge in [-0.2, -0.15) is 0 Å². The van der Waals surface area contributed by atoms with E-state index >= 15 is 0 Å². The number of hydrogen-bond donors (Lipinski definition) is 1. The molecule has 0 saturated heterocycles. The number of carbonyl (C=O) groups excluding carboxylic acids is 1. The Hall–Kier alpha value is -5.26. The van der Waals surface area contributed by atoms with Gasteiger partial charge in [-0.3, -0.25) is 9.36 Å². The SMILES string of the molecule is CN(C(=O)/C=C/C[N+](C)([O-])C1CCC1)c1cccc(-n2c(=O)n(-c3ccc(Oc4ccccc4)cc3)c3c(N)ncnc32)c1. The van der Waals surface area contributed by atoms with Crippen LogP contribution in [0.2, 0.25) is 0 Å². The van der Waals surface area contributed by atoms with E-state index in [-0.39, 0.29) is 29.0 Å². The lowest BCUT2D eigenvalue weighted by Crippen LogP contribution is -2.50. The van der Waals surface area contributed by atoms with Crippen molar-refractivity contribution in [2.75, 3.05) is 31.3 Å². The number of benzene rings is 3. The van der Waals surface area contributed by atoms with Gasteiger partial charge in [0, 0.05) is 18.8 Å². The van der Waals surface area contributed by atoms with Crippen molar-refractivity contribution in [3.05, 3.63) is 113 Å². The summed E-state index contributed by atoms with van der Waals surface area (Å²) in [7, 11) is 3.30. The molecule has 44 heavy (non-hydrogen) atoms. The first-order valence-electron chi connectivity index (χ1n) is 14.4. The quantitative estimate of drug-likeness (QED) is 0.146. The predicted octanol–water partition coefficient (Wildman–Crippen LogP) is 4.96. The highest BCUT2D eigenvalue weighted by atomic mass is 16.5. The number of para-hydroxylation sites is 1. The largest absolute Gasteiger partial charge is 0.633 e. The Morgan fingerprint density at radius 2 is 1.75 bits per heavy atom. The van der Waals surface area contributed by atoms with Crippen molar-refractivity contribution >= 4 is 28.6 Å². The molecular formula is C33H33N7O4. The number of nitrogen functional groups attached to an aromatic ring is 1. The lowest BCUT2D eigenvalue weighted by Gasteiger charge is -2.48. The number of imidazole rings is 1. The highest BCUT2D eigenvalue weighted by molar-refractivity contribution is 6.01. The maximum absolute atomic E-state index is 14.0. The molecule has 0 aliphatic heterocycles. The molecule has 2 aromatic heterocycles. The zero-order chi connectivity index (χ0) is 30.8. The maximum Gasteiger partial charge on any atom is 0.339 e. The van der Waals surface area contributed by atoms with Gasteiger partial charge in [0.25, 0.3) is 5.91 Å². The van der Waals surface area contributed by atoms with E-state index in [4.69, 9.17) is 10.5 Å². The Labute approximate surface area is 254 Å². The van der Waals surface area contributed by atoms with E-state index in [1.165, 1.54) is 26.4 Å². The minimum absolute atomic E-state index is 0.100. The van der Waals surface area contributed by atoms with Crippen molar-refractivity contribution in [1.82, 2.24) is 19.1 Å². The van der Waals surface area contributed by atoms with Crippen LogP contribution in [0.1, 0.15) is 19.3 Å². The number of hydrogen-bond acceptors (Lipinski definition) is 7. The molecule has 1 aliphatic carbocycles. The third kappa shape index (κ3) is 5.58. The molecule has 5 aromatic rings. The number of ether oxygens (including phenoxy) is 1. The first kappa shape index (κ1) is 28.8. The minimum atomic E-state index is -0.404. The molecule has 6 rings (SSSR count). The summed E-state index contributed by atoms with van der Waals surface area (Å²) in [6, 6.07) is 23.6. The number of aromatic nitrogens is 4. The molecule has 0 radical (unpaired) electrons. The van der Waals surface area contributed by atoms with Gasteiger partial charge in [-0.05, 0) is 79.9 Å². The summed E-state index contributed by atoms with van der Waals surface area (Å²) < 4.78 is 8.44. The van der Waals surface area contributed by atoms with Crippen LogP contribution in [0.25, 0.3) is 22.5 Å². The topological polar surface area (TPSA) is 131 Å². The Morgan fingerprint density at radius 1 is 1.02 bits per heavy atom. The van der Waals surface area contributed by atoms with Crippen LogP contribution in [-0.4, -0.2) is 56.3 Å². The molecule has 2 heterocycles. The zero-order valence-corrected chi connectivity index (χ0v) is 24.5. The van der Waals surface area contributed by atoms with Crippen LogP contribution in [0, 0.1) is 5.21 Å². The van der Waals surface area contributed by atoms with Gasteiger partial charge in [0.15, 0.2) is 11.5 Å². The molecule has 0 bridgehead atoms. The van der Waals surface area contributed by atoms with Crippen LogP contribution in [0.5, 0.6) is 11.5 Å². The molecule has 1 unspecified atom stereocenters. The van der Waals surface area contributed by atoms with E-state index in [0.717, 1.165) is 19.3 Å². The molecule has 1 aliphatic rings. The van der Waals surface area contributed by atoms with Gasteiger partial charge in [-0.1, -0.05) is 24.3 Å². The first-order valence-corrected chi connectivity index (χ1v) is 14.4. The van der Waals surface area contributed by atoms with Gasteiger partial charge in [0.05, 0.1) is 31.0 Å². The number of hydroxylamine groups is 3. The standard InChI is InChI=1S/C33H33N7O4/c1-37(29(41)15-8-20-40(2,43)26-11-7-12-26)24-9-6-10-25(21-24)39-32-30(31(34)35-22-36-32)38(33(39)42)23-16-18-28(19-17-23)44-27-13-4-3-5-14-27/h3-6,8-10,13-19,21-22,26H,7,11-12,20H2,1-2H3,(H2,34,35,36)/b15-8+. The highest BCUT2D eigenvalue weighted by Gasteiger charge is 2.29. The molecule has 11 heteroatoms. The third-order valence-corrected chi connectivity index (χ3v) is 8.10. The number of amides is 1. The van der Waals surface area contributed by atoms with E-state index in [9.17, 15) is 14.8 Å². The molecule has 1 saturated carbocycles. The van der Waals surface area contributed by atoms with E-state index < -0.39 is 5.69 Å². The van der Waals surface area contributed by atoms with Crippen molar-refractivity contribution < 1.29 is 14.2 Å². The van der Waals surface area contributed by atoms with Crippen LogP contribution in [0.15, 0.2) is 102 Å². The van der Waals surface area contributed by atoms with Gasteiger partial charge in [-0.15, -0.1) is 0 Å². The van der Waals surface area contributed by atoms with Gasteiger partial charge >= 0.3 is 5.69 Å². The molecule has 3 aromatic carbocycles.